The molecule has 36 heavy (non-hydrogen) atoms. The van der Waals surface area contributed by atoms with Gasteiger partial charge in [0, 0.05) is 38.8 Å². The summed E-state index contributed by atoms with van der Waals surface area (Å²) in [6.07, 6.45) is 3.41. The average molecular weight is 461 g/mol. The minimum absolute atomic E-state index is 0.864. The molecule has 5 aromatic carbocycles. The first-order valence-corrected chi connectivity index (χ1v) is 12.1. The Morgan fingerprint density at radius 1 is 0.500 bits per heavy atom. The van der Waals surface area contributed by atoms with Crippen LogP contribution in [0, 0.1) is 0 Å². The molecule has 0 saturated carbocycles. The van der Waals surface area contributed by atoms with Crippen LogP contribution >= 0.6 is 0 Å². The molecule has 0 fully saturated rings. The summed E-state index contributed by atoms with van der Waals surface area (Å²) < 4.78 is 4.70. The molecule has 0 radical (unpaired) electrons. The summed E-state index contributed by atoms with van der Waals surface area (Å²) in [6, 6.07) is 39.0. The molecule has 0 aliphatic heterocycles. The molecular weight excluding hydrogens is 440 g/mol. The lowest BCUT2D eigenvalue weighted by Gasteiger charge is -2.11. The maximum atomic E-state index is 4.61. The molecule has 8 rings (SSSR count). The van der Waals surface area contributed by atoms with E-state index in [1.807, 2.05) is 6.07 Å². The van der Waals surface area contributed by atoms with Crippen molar-refractivity contribution in [3.63, 3.8) is 0 Å². The number of aromatic nitrogens is 4. The van der Waals surface area contributed by atoms with Crippen molar-refractivity contribution in [2.75, 3.05) is 0 Å². The van der Waals surface area contributed by atoms with E-state index in [1.165, 1.54) is 43.4 Å². The molecule has 0 N–H and O–H groups in total. The van der Waals surface area contributed by atoms with Crippen LogP contribution in [0.5, 0.6) is 0 Å². The van der Waals surface area contributed by atoms with Gasteiger partial charge in [-0.15, -0.1) is 0 Å². The molecule has 168 valence electrons. The smallest absolute Gasteiger partial charge is 0.140 e. The van der Waals surface area contributed by atoms with Gasteiger partial charge in [0.25, 0.3) is 0 Å². The van der Waals surface area contributed by atoms with Crippen LogP contribution < -0.4 is 0 Å². The number of benzene rings is 5. The Kier molecular flexibility index (Phi) is 3.91. The average Bonchev–Trinajstić information content (AvgIpc) is 3.47. The second-order valence-electron chi connectivity index (χ2n) is 9.13. The third kappa shape index (κ3) is 2.53. The van der Waals surface area contributed by atoms with E-state index in [1.54, 1.807) is 12.5 Å². The molecular formula is C32H20N4. The zero-order valence-electron chi connectivity index (χ0n) is 19.3. The van der Waals surface area contributed by atoms with E-state index in [-0.39, 0.29) is 0 Å². The van der Waals surface area contributed by atoms with E-state index in [9.17, 15) is 0 Å². The van der Waals surface area contributed by atoms with Crippen LogP contribution in [0.4, 0.5) is 0 Å². The fraction of sp³-hybridized carbons (Fsp3) is 0. The molecule has 0 saturated heterocycles. The van der Waals surface area contributed by atoms with Crippen molar-refractivity contribution in [1.82, 2.24) is 19.1 Å². The van der Waals surface area contributed by atoms with Crippen LogP contribution in [-0.2, 0) is 0 Å². The molecule has 8 aromatic rings. The third-order valence-electron chi connectivity index (χ3n) is 7.26. The van der Waals surface area contributed by atoms with Gasteiger partial charge in [0.1, 0.15) is 12.1 Å². The Balaban J connectivity index is 1.68. The summed E-state index contributed by atoms with van der Waals surface area (Å²) in [5.74, 6) is 0.864. The second-order valence-corrected chi connectivity index (χ2v) is 9.13. The number of hydrogen-bond donors (Lipinski definition) is 0. The maximum absolute atomic E-state index is 4.61. The van der Waals surface area contributed by atoms with Crippen molar-refractivity contribution >= 4 is 54.4 Å². The van der Waals surface area contributed by atoms with E-state index in [2.05, 4.69) is 122 Å². The van der Waals surface area contributed by atoms with Gasteiger partial charge in [-0.2, -0.15) is 0 Å². The molecule has 0 unspecified atom stereocenters. The Labute approximate surface area is 206 Å². The first-order chi connectivity index (χ1) is 17.9. The lowest BCUT2D eigenvalue weighted by molar-refractivity contribution is 1.04. The summed E-state index contributed by atoms with van der Waals surface area (Å²) in [4.78, 5) is 8.76. The van der Waals surface area contributed by atoms with Crippen molar-refractivity contribution in [1.29, 1.82) is 0 Å². The first kappa shape index (κ1) is 19.4. The number of hydrogen-bond acceptors (Lipinski definition) is 2. The van der Waals surface area contributed by atoms with Crippen molar-refractivity contribution in [3.8, 4) is 11.5 Å². The largest absolute Gasteiger partial charge is 0.308 e. The number of para-hydroxylation sites is 2. The summed E-state index contributed by atoms with van der Waals surface area (Å²) in [5.41, 5.74) is 5.87. The van der Waals surface area contributed by atoms with Gasteiger partial charge < -0.3 is 4.57 Å². The van der Waals surface area contributed by atoms with Crippen LogP contribution in [0.15, 0.2) is 122 Å². The van der Waals surface area contributed by atoms with Gasteiger partial charge in [0.2, 0.25) is 0 Å². The van der Waals surface area contributed by atoms with E-state index >= 15 is 0 Å². The van der Waals surface area contributed by atoms with Gasteiger partial charge in [0.15, 0.2) is 0 Å². The van der Waals surface area contributed by atoms with Gasteiger partial charge in [-0.1, -0.05) is 78.9 Å². The first-order valence-electron chi connectivity index (χ1n) is 12.1. The lowest BCUT2D eigenvalue weighted by Crippen LogP contribution is -1.97. The molecule has 0 aliphatic rings. The van der Waals surface area contributed by atoms with E-state index in [0.29, 0.717) is 0 Å². The molecule has 4 heteroatoms. The van der Waals surface area contributed by atoms with Crippen LogP contribution in [0.3, 0.4) is 0 Å². The van der Waals surface area contributed by atoms with Crippen molar-refractivity contribution in [2.45, 2.75) is 0 Å². The van der Waals surface area contributed by atoms with Crippen LogP contribution in [-0.4, -0.2) is 19.1 Å². The summed E-state index contributed by atoms with van der Waals surface area (Å²) in [6.45, 7) is 0. The van der Waals surface area contributed by atoms with Crippen LogP contribution in [0.25, 0.3) is 65.9 Å². The predicted octanol–water partition coefficient (Wildman–Crippen LogP) is 7.82. The normalized spacial score (nSPS) is 11.9. The number of rotatable bonds is 2. The highest BCUT2D eigenvalue weighted by atomic mass is 15.1. The molecule has 0 aliphatic carbocycles. The summed E-state index contributed by atoms with van der Waals surface area (Å²) in [7, 11) is 0. The van der Waals surface area contributed by atoms with Gasteiger partial charge in [0.05, 0.1) is 22.1 Å². The molecule has 3 heterocycles. The highest BCUT2D eigenvalue weighted by Crippen LogP contribution is 2.43. The minimum atomic E-state index is 0.864. The zero-order chi connectivity index (χ0) is 23.6. The number of fused-ring (bicyclic) bond motifs is 9. The molecule has 3 aromatic heterocycles. The van der Waals surface area contributed by atoms with Crippen molar-refractivity contribution in [2.24, 2.45) is 0 Å². The summed E-state index contributed by atoms with van der Waals surface area (Å²) in [5, 5.41) is 7.44. The molecule has 0 atom stereocenters. The van der Waals surface area contributed by atoms with E-state index < -0.39 is 0 Å². The Morgan fingerprint density at radius 3 is 2.11 bits per heavy atom. The fourth-order valence-corrected chi connectivity index (χ4v) is 5.82. The van der Waals surface area contributed by atoms with Crippen LogP contribution in [0.1, 0.15) is 0 Å². The van der Waals surface area contributed by atoms with Gasteiger partial charge in [-0.05, 0) is 35.7 Å². The van der Waals surface area contributed by atoms with Gasteiger partial charge in [-0.25, -0.2) is 9.97 Å². The highest BCUT2D eigenvalue weighted by Gasteiger charge is 2.21. The van der Waals surface area contributed by atoms with Gasteiger partial charge in [-0.3, -0.25) is 4.57 Å². The highest BCUT2D eigenvalue weighted by molar-refractivity contribution is 6.28. The standard InChI is InChI=1S/C32H20N4/c1-2-9-22(10-3-1)35-31-23-11-5-4-8-21(23)14-15-24(31)25-16-17-28-30(32(25)35)26-12-6-7-13-27(26)36(28)29-18-19-33-20-34-29/h1-20H. The topological polar surface area (TPSA) is 35.6 Å². The molecule has 0 spiro atoms. The second kappa shape index (κ2) is 7.27. The Bertz CT molecular complexity index is 2080. The fourth-order valence-electron chi connectivity index (χ4n) is 5.82. The molecule has 0 amide bonds. The zero-order valence-corrected chi connectivity index (χ0v) is 19.3. The monoisotopic (exact) mass is 460 g/mol. The maximum Gasteiger partial charge on any atom is 0.140 e. The Morgan fingerprint density at radius 2 is 1.25 bits per heavy atom. The van der Waals surface area contributed by atoms with Gasteiger partial charge >= 0.3 is 0 Å². The predicted molar refractivity (Wildman–Crippen MR) is 148 cm³/mol. The Hall–Kier alpha value is -4.96. The molecule has 0 bridgehead atoms. The molecule has 4 nitrogen and oxygen atoms in total. The lowest BCUT2D eigenvalue weighted by atomic mass is 10.0. The van der Waals surface area contributed by atoms with Crippen LogP contribution in [0.2, 0.25) is 0 Å². The van der Waals surface area contributed by atoms with E-state index in [0.717, 1.165) is 22.5 Å². The summed E-state index contributed by atoms with van der Waals surface area (Å²) >= 11 is 0. The third-order valence-corrected chi connectivity index (χ3v) is 7.26. The quantitative estimate of drug-likeness (QED) is 0.264. The van der Waals surface area contributed by atoms with Crippen molar-refractivity contribution in [3.05, 3.63) is 122 Å². The van der Waals surface area contributed by atoms with Crippen molar-refractivity contribution < 1.29 is 0 Å². The van der Waals surface area contributed by atoms with E-state index in [4.69, 9.17) is 0 Å². The number of nitrogens with zero attached hydrogens (tertiary/aromatic N) is 4. The minimum Gasteiger partial charge on any atom is -0.308 e. The SMILES string of the molecule is c1ccc(-n2c3c4ccccc4ccc3c3ccc4c(c5ccccc5n4-c4ccncn4)c32)cc1.